The third-order valence-corrected chi connectivity index (χ3v) is 2.95. The molecule has 19 heavy (non-hydrogen) atoms. The molecule has 1 amide bonds. The van der Waals surface area contributed by atoms with E-state index in [0.29, 0.717) is 12.1 Å². The molecule has 0 saturated heterocycles. The van der Waals surface area contributed by atoms with E-state index in [-0.39, 0.29) is 12.5 Å². The summed E-state index contributed by atoms with van der Waals surface area (Å²) < 4.78 is 0. The summed E-state index contributed by atoms with van der Waals surface area (Å²) in [4.78, 5) is 16.2. The number of aliphatic hydroxyl groups is 1. The van der Waals surface area contributed by atoms with E-state index in [2.05, 4.69) is 10.3 Å². The van der Waals surface area contributed by atoms with Crippen LogP contribution in [0.5, 0.6) is 0 Å². The minimum absolute atomic E-state index is 0.249. The quantitative estimate of drug-likeness (QED) is 0.863. The summed E-state index contributed by atoms with van der Waals surface area (Å²) in [7, 11) is 0. The third kappa shape index (κ3) is 3.51. The lowest BCUT2D eigenvalue weighted by atomic mass is 10.2. The third-order valence-electron chi connectivity index (χ3n) is 2.95. The van der Waals surface area contributed by atoms with Gasteiger partial charge in [0.25, 0.3) is 5.91 Å². The van der Waals surface area contributed by atoms with Gasteiger partial charge in [0.15, 0.2) is 0 Å². The van der Waals surface area contributed by atoms with Crippen molar-refractivity contribution in [3.63, 3.8) is 0 Å². The highest BCUT2D eigenvalue weighted by Crippen LogP contribution is 2.11. The van der Waals surface area contributed by atoms with Gasteiger partial charge in [-0.05, 0) is 18.6 Å². The lowest BCUT2D eigenvalue weighted by molar-refractivity contribution is 0.0905. The minimum Gasteiger partial charge on any atom is -0.391 e. The molecule has 0 fully saturated rings. The van der Waals surface area contributed by atoms with E-state index >= 15 is 0 Å². The lowest BCUT2D eigenvalue weighted by Crippen LogP contribution is -2.32. The Bertz CT molecular complexity index is 569. The van der Waals surface area contributed by atoms with Gasteiger partial charge in [0, 0.05) is 11.9 Å². The Hall–Kier alpha value is -1.94. The number of hydrogen-bond donors (Lipinski definition) is 2. The predicted octanol–water partition coefficient (Wildman–Crippen LogP) is 2.13. The van der Waals surface area contributed by atoms with Gasteiger partial charge in [-0.1, -0.05) is 37.6 Å². The second kappa shape index (κ2) is 6.29. The van der Waals surface area contributed by atoms with Crippen LogP contribution in [0.3, 0.4) is 0 Å². The Morgan fingerprint density at radius 2 is 2.11 bits per heavy atom. The molecule has 0 aliphatic carbocycles. The van der Waals surface area contributed by atoms with Crippen LogP contribution < -0.4 is 5.32 Å². The SMILES string of the molecule is CCCC(O)CNC(=O)c1ccc2ccccc2n1. The van der Waals surface area contributed by atoms with Crippen molar-refractivity contribution in [3.05, 3.63) is 42.1 Å². The number of carbonyl (C=O) groups is 1. The van der Waals surface area contributed by atoms with Crippen LogP contribution >= 0.6 is 0 Å². The van der Waals surface area contributed by atoms with Crippen molar-refractivity contribution in [2.75, 3.05) is 6.54 Å². The molecule has 2 rings (SSSR count). The fourth-order valence-corrected chi connectivity index (χ4v) is 1.93. The summed E-state index contributed by atoms with van der Waals surface area (Å²) in [5, 5.41) is 13.3. The molecule has 1 aromatic heterocycles. The highest BCUT2D eigenvalue weighted by Gasteiger charge is 2.10. The second-order valence-electron chi connectivity index (χ2n) is 4.54. The number of amides is 1. The smallest absolute Gasteiger partial charge is 0.269 e. The molecule has 0 radical (unpaired) electrons. The molecule has 4 nitrogen and oxygen atoms in total. The molecular formula is C15H18N2O2. The molecule has 1 unspecified atom stereocenters. The molecule has 4 heteroatoms. The molecule has 1 atom stereocenters. The maximum atomic E-state index is 11.9. The number of aromatic nitrogens is 1. The van der Waals surface area contributed by atoms with Crippen molar-refractivity contribution in [3.8, 4) is 0 Å². The number of benzene rings is 1. The normalized spacial score (nSPS) is 12.3. The van der Waals surface area contributed by atoms with E-state index < -0.39 is 6.10 Å². The summed E-state index contributed by atoms with van der Waals surface area (Å²) >= 11 is 0. The zero-order valence-electron chi connectivity index (χ0n) is 11.0. The summed E-state index contributed by atoms with van der Waals surface area (Å²) in [5.41, 5.74) is 1.17. The molecule has 0 aliphatic heterocycles. The van der Waals surface area contributed by atoms with Crippen LogP contribution in [0.1, 0.15) is 30.3 Å². The molecule has 0 spiro atoms. The van der Waals surface area contributed by atoms with E-state index in [1.165, 1.54) is 0 Å². The van der Waals surface area contributed by atoms with Gasteiger partial charge in [0.2, 0.25) is 0 Å². The molecule has 0 bridgehead atoms. The molecule has 0 saturated carbocycles. The molecule has 100 valence electrons. The Morgan fingerprint density at radius 3 is 2.89 bits per heavy atom. The van der Waals surface area contributed by atoms with Gasteiger partial charge in [-0.2, -0.15) is 0 Å². The van der Waals surface area contributed by atoms with Crippen LogP contribution in [-0.4, -0.2) is 28.6 Å². The van der Waals surface area contributed by atoms with Gasteiger partial charge < -0.3 is 10.4 Å². The summed E-state index contributed by atoms with van der Waals surface area (Å²) in [6.07, 6.45) is 1.09. The van der Waals surface area contributed by atoms with Crippen LogP contribution in [0.25, 0.3) is 10.9 Å². The van der Waals surface area contributed by atoms with Crippen LogP contribution in [-0.2, 0) is 0 Å². The van der Waals surface area contributed by atoms with Crippen molar-refractivity contribution in [2.24, 2.45) is 0 Å². The van der Waals surface area contributed by atoms with E-state index in [4.69, 9.17) is 0 Å². The highest BCUT2D eigenvalue weighted by atomic mass is 16.3. The maximum Gasteiger partial charge on any atom is 0.269 e. The Balaban J connectivity index is 2.05. The van der Waals surface area contributed by atoms with E-state index in [9.17, 15) is 9.90 Å². The van der Waals surface area contributed by atoms with Gasteiger partial charge in [-0.25, -0.2) is 4.98 Å². The van der Waals surface area contributed by atoms with Gasteiger partial charge in [0.05, 0.1) is 11.6 Å². The van der Waals surface area contributed by atoms with Gasteiger partial charge in [0.1, 0.15) is 5.69 Å². The summed E-state index contributed by atoms with van der Waals surface area (Å²) in [6, 6.07) is 11.2. The first-order valence-corrected chi connectivity index (χ1v) is 6.52. The van der Waals surface area contributed by atoms with Crippen LogP contribution in [0.4, 0.5) is 0 Å². The van der Waals surface area contributed by atoms with Gasteiger partial charge >= 0.3 is 0 Å². The van der Waals surface area contributed by atoms with Crippen molar-refractivity contribution in [1.29, 1.82) is 0 Å². The molecule has 1 heterocycles. The molecule has 1 aromatic carbocycles. The summed E-state index contributed by atoms with van der Waals surface area (Å²) in [5.74, 6) is -0.249. The molecule has 0 aliphatic rings. The zero-order valence-corrected chi connectivity index (χ0v) is 11.0. The Kier molecular flexibility index (Phi) is 4.47. The van der Waals surface area contributed by atoms with E-state index in [1.807, 2.05) is 37.3 Å². The highest BCUT2D eigenvalue weighted by molar-refractivity contribution is 5.94. The van der Waals surface area contributed by atoms with Crippen LogP contribution in [0.2, 0.25) is 0 Å². The fraction of sp³-hybridized carbons (Fsp3) is 0.333. The number of nitrogens with zero attached hydrogens (tertiary/aromatic N) is 1. The van der Waals surface area contributed by atoms with Crippen LogP contribution in [0.15, 0.2) is 36.4 Å². The number of fused-ring (bicyclic) bond motifs is 1. The largest absolute Gasteiger partial charge is 0.391 e. The maximum absolute atomic E-state index is 11.9. The standard InChI is InChI=1S/C15H18N2O2/c1-2-5-12(18)10-16-15(19)14-9-8-11-6-3-4-7-13(11)17-14/h3-4,6-9,12,18H,2,5,10H2,1H3,(H,16,19). The number of rotatable bonds is 5. The number of hydrogen-bond acceptors (Lipinski definition) is 3. The van der Waals surface area contributed by atoms with E-state index in [1.54, 1.807) is 6.07 Å². The van der Waals surface area contributed by atoms with Crippen molar-refractivity contribution >= 4 is 16.8 Å². The van der Waals surface area contributed by atoms with Crippen LogP contribution in [0, 0.1) is 0 Å². The van der Waals surface area contributed by atoms with Gasteiger partial charge in [-0.3, -0.25) is 4.79 Å². The molecular weight excluding hydrogens is 240 g/mol. The number of aliphatic hydroxyl groups excluding tert-OH is 1. The fourth-order valence-electron chi connectivity index (χ4n) is 1.93. The van der Waals surface area contributed by atoms with Gasteiger partial charge in [-0.15, -0.1) is 0 Å². The monoisotopic (exact) mass is 258 g/mol. The zero-order chi connectivity index (χ0) is 13.7. The number of para-hydroxylation sites is 1. The molecule has 2 aromatic rings. The predicted molar refractivity (Wildman–Crippen MR) is 75.0 cm³/mol. The number of nitrogens with one attached hydrogen (secondary N) is 1. The lowest BCUT2D eigenvalue weighted by Gasteiger charge is -2.10. The first-order chi connectivity index (χ1) is 9.20. The van der Waals surface area contributed by atoms with Crippen molar-refractivity contribution < 1.29 is 9.90 Å². The number of pyridine rings is 1. The topological polar surface area (TPSA) is 62.2 Å². The minimum atomic E-state index is -0.491. The van der Waals surface area contributed by atoms with Crippen molar-refractivity contribution in [1.82, 2.24) is 10.3 Å². The van der Waals surface area contributed by atoms with Crippen molar-refractivity contribution in [2.45, 2.75) is 25.9 Å². The Labute approximate surface area is 112 Å². The average molecular weight is 258 g/mol. The summed E-state index contributed by atoms with van der Waals surface area (Å²) in [6.45, 7) is 2.26. The van der Waals surface area contributed by atoms with E-state index in [0.717, 1.165) is 17.3 Å². The Morgan fingerprint density at radius 1 is 1.32 bits per heavy atom. The second-order valence-corrected chi connectivity index (χ2v) is 4.54. The number of carbonyl (C=O) groups excluding carboxylic acids is 1. The first kappa shape index (κ1) is 13.5. The average Bonchev–Trinajstić information content (AvgIpc) is 2.44. The molecule has 2 N–H and O–H groups in total. The first-order valence-electron chi connectivity index (χ1n) is 6.52.